The number of nitrogens with two attached hydrogens (primary N) is 1. The van der Waals surface area contributed by atoms with Gasteiger partial charge in [0.15, 0.2) is 0 Å². The Morgan fingerprint density at radius 3 is 2.53 bits per heavy atom. The van der Waals surface area contributed by atoms with E-state index in [1.807, 2.05) is 6.92 Å². The maximum Gasteiger partial charge on any atom is 0.218 e. The molecule has 0 saturated carbocycles. The number of benzene rings is 1. The summed E-state index contributed by atoms with van der Waals surface area (Å²) in [5.74, 6) is -0.0279. The van der Waals surface area contributed by atoms with Crippen molar-refractivity contribution in [3.63, 3.8) is 0 Å². The summed E-state index contributed by atoms with van der Waals surface area (Å²) in [7, 11) is -1.64. The SMILES string of the molecule is CCCCN(C)S(=O)(=O)Cc1ccccc1N. The summed E-state index contributed by atoms with van der Waals surface area (Å²) in [6, 6.07) is 7.07. The van der Waals surface area contributed by atoms with Crippen LogP contribution in [0.2, 0.25) is 0 Å². The highest BCUT2D eigenvalue weighted by Gasteiger charge is 2.18. The first-order valence-corrected chi connectivity index (χ1v) is 7.35. The fraction of sp³-hybridized carbons (Fsp3) is 0.500. The van der Waals surface area contributed by atoms with Gasteiger partial charge in [0.05, 0.1) is 5.75 Å². The van der Waals surface area contributed by atoms with Crippen LogP contribution in [0, 0.1) is 0 Å². The number of anilines is 1. The molecule has 0 aliphatic heterocycles. The van der Waals surface area contributed by atoms with Gasteiger partial charge >= 0.3 is 0 Å². The number of hydrogen-bond donors (Lipinski definition) is 1. The lowest BCUT2D eigenvalue weighted by atomic mass is 10.2. The third-order valence-corrected chi connectivity index (χ3v) is 4.50. The molecule has 0 aliphatic carbocycles. The molecule has 0 radical (unpaired) electrons. The van der Waals surface area contributed by atoms with Crippen molar-refractivity contribution in [2.24, 2.45) is 0 Å². The van der Waals surface area contributed by atoms with E-state index in [1.54, 1.807) is 31.3 Å². The van der Waals surface area contributed by atoms with Crippen LogP contribution in [-0.4, -0.2) is 26.3 Å². The zero-order valence-corrected chi connectivity index (χ0v) is 11.2. The molecule has 0 amide bonds. The number of para-hydroxylation sites is 1. The molecule has 0 heterocycles. The van der Waals surface area contributed by atoms with Gasteiger partial charge in [-0.1, -0.05) is 31.5 Å². The van der Waals surface area contributed by atoms with E-state index in [0.717, 1.165) is 12.8 Å². The van der Waals surface area contributed by atoms with Crippen LogP contribution >= 0.6 is 0 Å². The lowest BCUT2D eigenvalue weighted by Crippen LogP contribution is -2.29. The lowest BCUT2D eigenvalue weighted by Gasteiger charge is -2.17. The topological polar surface area (TPSA) is 63.4 Å². The van der Waals surface area contributed by atoms with Gasteiger partial charge < -0.3 is 5.73 Å². The van der Waals surface area contributed by atoms with Crippen LogP contribution in [0.5, 0.6) is 0 Å². The lowest BCUT2D eigenvalue weighted by molar-refractivity contribution is 0.458. The highest BCUT2D eigenvalue weighted by Crippen LogP contribution is 2.16. The van der Waals surface area contributed by atoms with E-state index in [-0.39, 0.29) is 5.75 Å². The van der Waals surface area contributed by atoms with Gasteiger partial charge in [0.2, 0.25) is 10.0 Å². The molecule has 0 aromatic heterocycles. The molecule has 2 N–H and O–H groups in total. The Labute approximate surface area is 103 Å². The Morgan fingerprint density at radius 1 is 1.29 bits per heavy atom. The highest BCUT2D eigenvalue weighted by molar-refractivity contribution is 7.88. The maximum atomic E-state index is 12.0. The molecule has 1 aromatic rings. The summed E-state index contributed by atoms with van der Waals surface area (Å²) in [5, 5.41) is 0. The van der Waals surface area contributed by atoms with E-state index in [0.29, 0.717) is 17.8 Å². The van der Waals surface area contributed by atoms with Crippen LogP contribution in [0.1, 0.15) is 25.3 Å². The molecular formula is C12H20N2O2S. The van der Waals surface area contributed by atoms with Gasteiger partial charge in [-0.3, -0.25) is 0 Å². The van der Waals surface area contributed by atoms with Crippen LogP contribution in [0.4, 0.5) is 5.69 Å². The van der Waals surface area contributed by atoms with E-state index >= 15 is 0 Å². The standard InChI is InChI=1S/C12H20N2O2S/c1-3-4-9-14(2)17(15,16)10-11-7-5-6-8-12(11)13/h5-8H,3-4,9-10,13H2,1-2H3. The molecule has 4 nitrogen and oxygen atoms in total. The second-order valence-corrected chi connectivity index (χ2v) is 6.21. The second kappa shape index (κ2) is 6.02. The molecule has 17 heavy (non-hydrogen) atoms. The minimum atomic E-state index is -3.25. The number of nitrogen functional groups attached to an aromatic ring is 1. The molecule has 1 aromatic carbocycles. The Hall–Kier alpha value is -1.07. The van der Waals surface area contributed by atoms with E-state index < -0.39 is 10.0 Å². The predicted molar refractivity (Wildman–Crippen MR) is 71.0 cm³/mol. The molecule has 0 saturated heterocycles. The van der Waals surface area contributed by atoms with Gasteiger partial charge in [0.1, 0.15) is 0 Å². The van der Waals surface area contributed by atoms with Gasteiger partial charge in [-0.2, -0.15) is 0 Å². The van der Waals surface area contributed by atoms with Gasteiger partial charge in [0, 0.05) is 19.3 Å². The van der Waals surface area contributed by atoms with Gasteiger partial charge in [-0.05, 0) is 18.1 Å². The Morgan fingerprint density at radius 2 is 1.94 bits per heavy atom. The second-order valence-electron chi connectivity index (χ2n) is 4.13. The van der Waals surface area contributed by atoms with Crippen molar-refractivity contribution in [2.45, 2.75) is 25.5 Å². The average molecular weight is 256 g/mol. The first-order chi connectivity index (χ1) is 7.97. The minimum Gasteiger partial charge on any atom is -0.398 e. The highest BCUT2D eigenvalue weighted by atomic mass is 32.2. The Bertz CT molecular complexity index is 457. The van der Waals surface area contributed by atoms with Crippen molar-refractivity contribution in [1.29, 1.82) is 0 Å². The fourth-order valence-electron chi connectivity index (χ4n) is 1.49. The summed E-state index contributed by atoms with van der Waals surface area (Å²) in [5.41, 5.74) is 6.94. The first-order valence-electron chi connectivity index (χ1n) is 5.74. The zero-order valence-electron chi connectivity index (χ0n) is 10.4. The summed E-state index contributed by atoms with van der Waals surface area (Å²) in [6.45, 7) is 2.60. The Kier molecular flexibility index (Phi) is 4.96. The summed E-state index contributed by atoms with van der Waals surface area (Å²) >= 11 is 0. The molecule has 96 valence electrons. The zero-order chi connectivity index (χ0) is 12.9. The first kappa shape index (κ1) is 14.0. The third-order valence-electron chi connectivity index (χ3n) is 2.69. The number of nitrogens with zero attached hydrogens (tertiary/aromatic N) is 1. The van der Waals surface area contributed by atoms with Crippen LogP contribution in [0.25, 0.3) is 0 Å². The van der Waals surface area contributed by atoms with Crippen molar-refractivity contribution in [3.8, 4) is 0 Å². The van der Waals surface area contributed by atoms with Crippen molar-refractivity contribution < 1.29 is 8.42 Å². The predicted octanol–water partition coefficient (Wildman–Crippen LogP) is 1.83. The van der Waals surface area contributed by atoms with Crippen molar-refractivity contribution in [3.05, 3.63) is 29.8 Å². The van der Waals surface area contributed by atoms with E-state index in [4.69, 9.17) is 5.73 Å². The quantitative estimate of drug-likeness (QED) is 0.790. The van der Waals surface area contributed by atoms with Crippen LogP contribution in [-0.2, 0) is 15.8 Å². The minimum absolute atomic E-state index is 0.0279. The number of unbranched alkanes of at least 4 members (excludes halogenated alkanes) is 1. The van der Waals surface area contributed by atoms with E-state index in [1.165, 1.54) is 4.31 Å². The van der Waals surface area contributed by atoms with Crippen molar-refractivity contribution in [2.75, 3.05) is 19.3 Å². The van der Waals surface area contributed by atoms with Gasteiger partial charge in [0.25, 0.3) is 0 Å². The van der Waals surface area contributed by atoms with Gasteiger partial charge in [-0.25, -0.2) is 12.7 Å². The van der Waals surface area contributed by atoms with E-state index in [2.05, 4.69) is 0 Å². The number of hydrogen-bond acceptors (Lipinski definition) is 3. The Balaban J connectivity index is 2.76. The van der Waals surface area contributed by atoms with Crippen LogP contribution in [0.3, 0.4) is 0 Å². The summed E-state index contributed by atoms with van der Waals surface area (Å²) in [6.07, 6.45) is 1.85. The van der Waals surface area contributed by atoms with Crippen LogP contribution < -0.4 is 5.73 Å². The third kappa shape index (κ3) is 4.02. The fourth-order valence-corrected chi connectivity index (χ4v) is 2.78. The normalized spacial score (nSPS) is 11.9. The average Bonchev–Trinajstić information content (AvgIpc) is 2.28. The molecule has 0 fully saturated rings. The number of rotatable bonds is 6. The molecule has 1 rings (SSSR count). The van der Waals surface area contributed by atoms with Gasteiger partial charge in [-0.15, -0.1) is 0 Å². The van der Waals surface area contributed by atoms with Crippen molar-refractivity contribution in [1.82, 2.24) is 4.31 Å². The molecule has 0 unspecified atom stereocenters. The molecule has 0 atom stereocenters. The molecule has 5 heteroatoms. The maximum absolute atomic E-state index is 12.0. The van der Waals surface area contributed by atoms with Crippen LogP contribution in [0.15, 0.2) is 24.3 Å². The largest absolute Gasteiger partial charge is 0.398 e. The molecule has 0 spiro atoms. The van der Waals surface area contributed by atoms with E-state index in [9.17, 15) is 8.42 Å². The smallest absolute Gasteiger partial charge is 0.218 e. The molecular weight excluding hydrogens is 236 g/mol. The number of sulfonamides is 1. The summed E-state index contributed by atoms with van der Waals surface area (Å²) < 4.78 is 25.5. The molecule has 0 aliphatic rings. The van der Waals surface area contributed by atoms with Crippen molar-refractivity contribution >= 4 is 15.7 Å². The monoisotopic (exact) mass is 256 g/mol. The summed E-state index contributed by atoms with van der Waals surface area (Å²) in [4.78, 5) is 0. The molecule has 0 bridgehead atoms.